The Balaban J connectivity index is 2.75. The molecule has 0 aliphatic rings. The number of amides is 1. The molecule has 0 unspecified atom stereocenters. The van der Waals surface area contributed by atoms with E-state index in [0.717, 1.165) is 0 Å². The molecule has 1 heterocycles. The average molecular weight is 292 g/mol. The van der Waals surface area contributed by atoms with Crippen molar-refractivity contribution in [3.05, 3.63) is 23.9 Å². The molecule has 1 aromatic heterocycles. The van der Waals surface area contributed by atoms with Gasteiger partial charge in [0.1, 0.15) is 5.69 Å². The minimum absolute atomic E-state index is 0.0915. The molecule has 0 radical (unpaired) electrons. The number of carbonyl (C=O) groups is 1. The first-order valence-corrected chi connectivity index (χ1v) is 5.73. The van der Waals surface area contributed by atoms with Crippen LogP contribution in [0.15, 0.2) is 18.2 Å². The maximum Gasteiger partial charge on any atom is 0.422 e. The van der Waals surface area contributed by atoms with Crippen molar-refractivity contribution in [2.45, 2.75) is 25.6 Å². The number of halogens is 3. The van der Waals surface area contributed by atoms with Gasteiger partial charge in [-0.05, 0) is 19.9 Å². The third-order valence-electron chi connectivity index (χ3n) is 2.19. The quantitative estimate of drug-likeness (QED) is 0.863. The van der Waals surface area contributed by atoms with Crippen molar-refractivity contribution in [3.63, 3.8) is 0 Å². The summed E-state index contributed by atoms with van der Waals surface area (Å²) in [6.45, 7) is 1.42. The van der Waals surface area contributed by atoms with Gasteiger partial charge in [0.25, 0.3) is 5.91 Å². The van der Waals surface area contributed by atoms with Crippen molar-refractivity contribution in [2.24, 2.45) is 0 Å². The SMILES string of the molecule is CC(C)(CO)NC(=O)c1cccc(OCC(F)(F)F)n1. The van der Waals surface area contributed by atoms with E-state index in [-0.39, 0.29) is 18.2 Å². The number of aliphatic hydroxyl groups excluding tert-OH is 1. The summed E-state index contributed by atoms with van der Waals surface area (Å²) in [7, 11) is 0. The Labute approximate surface area is 113 Å². The molecule has 0 spiro atoms. The lowest BCUT2D eigenvalue weighted by molar-refractivity contribution is -0.154. The van der Waals surface area contributed by atoms with Crippen molar-refractivity contribution in [3.8, 4) is 5.88 Å². The van der Waals surface area contributed by atoms with E-state index in [2.05, 4.69) is 15.0 Å². The number of carbonyl (C=O) groups excluding carboxylic acids is 1. The zero-order valence-electron chi connectivity index (χ0n) is 11.0. The summed E-state index contributed by atoms with van der Waals surface area (Å²) in [6, 6.07) is 3.92. The van der Waals surface area contributed by atoms with E-state index in [0.29, 0.717) is 0 Å². The summed E-state index contributed by atoms with van der Waals surface area (Å²) >= 11 is 0. The highest BCUT2D eigenvalue weighted by Gasteiger charge is 2.29. The molecule has 20 heavy (non-hydrogen) atoms. The monoisotopic (exact) mass is 292 g/mol. The van der Waals surface area contributed by atoms with Gasteiger partial charge >= 0.3 is 6.18 Å². The van der Waals surface area contributed by atoms with Crippen LogP contribution in [-0.2, 0) is 0 Å². The summed E-state index contributed by atoms with van der Waals surface area (Å²) in [6.07, 6.45) is -4.47. The van der Waals surface area contributed by atoms with Crippen molar-refractivity contribution in [2.75, 3.05) is 13.2 Å². The van der Waals surface area contributed by atoms with Gasteiger partial charge in [0.05, 0.1) is 12.1 Å². The Morgan fingerprint density at radius 1 is 1.40 bits per heavy atom. The van der Waals surface area contributed by atoms with Crippen molar-refractivity contribution in [1.29, 1.82) is 0 Å². The van der Waals surface area contributed by atoms with Crippen LogP contribution in [0, 0.1) is 0 Å². The number of ether oxygens (including phenoxy) is 1. The van der Waals surface area contributed by atoms with Gasteiger partial charge in [-0.15, -0.1) is 0 Å². The van der Waals surface area contributed by atoms with Crippen LogP contribution in [0.5, 0.6) is 5.88 Å². The number of nitrogens with one attached hydrogen (secondary N) is 1. The first kappa shape index (κ1) is 16.2. The second-order valence-electron chi connectivity index (χ2n) is 4.76. The molecule has 0 atom stereocenters. The van der Waals surface area contributed by atoms with Gasteiger partial charge in [-0.1, -0.05) is 6.07 Å². The summed E-state index contributed by atoms with van der Waals surface area (Å²) < 4.78 is 40.5. The number of hydrogen-bond acceptors (Lipinski definition) is 4. The third-order valence-corrected chi connectivity index (χ3v) is 2.19. The molecule has 1 amide bonds. The van der Waals surface area contributed by atoms with E-state index < -0.39 is 24.2 Å². The Kier molecular flexibility index (Phi) is 4.93. The largest absolute Gasteiger partial charge is 0.468 e. The van der Waals surface area contributed by atoms with Crippen LogP contribution >= 0.6 is 0 Å². The van der Waals surface area contributed by atoms with E-state index in [1.807, 2.05) is 0 Å². The minimum atomic E-state index is -4.47. The Morgan fingerprint density at radius 3 is 2.60 bits per heavy atom. The van der Waals surface area contributed by atoms with Crippen LogP contribution in [0.4, 0.5) is 13.2 Å². The highest BCUT2D eigenvalue weighted by atomic mass is 19.4. The zero-order chi connectivity index (χ0) is 15.4. The van der Waals surface area contributed by atoms with Gasteiger partial charge in [-0.3, -0.25) is 4.79 Å². The molecular weight excluding hydrogens is 277 g/mol. The minimum Gasteiger partial charge on any atom is -0.468 e. The predicted octanol–water partition coefficient (Wildman–Crippen LogP) is 1.52. The van der Waals surface area contributed by atoms with Crippen molar-refractivity contribution >= 4 is 5.91 Å². The fourth-order valence-electron chi connectivity index (χ4n) is 1.19. The number of rotatable bonds is 5. The molecule has 2 N–H and O–H groups in total. The lowest BCUT2D eigenvalue weighted by Crippen LogP contribution is -2.46. The topological polar surface area (TPSA) is 71.5 Å². The number of nitrogens with zero attached hydrogens (tertiary/aromatic N) is 1. The number of hydrogen-bond donors (Lipinski definition) is 2. The summed E-state index contributed by atoms with van der Waals surface area (Å²) in [5.74, 6) is -0.904. The maximum atomic E-state index is 12.0. The van der Waals surface area contributed by atoms with E-state index >= 15 is 0 Å². The normalized spacial score (nSPS) is 12.1. The van der Waals surface area contributed by atoms with E-state index in [4.69, 9.17) is 5.11 Å². The molecule has 0 aliphatic heterocycles. The molecule has 1 rings (SSSR count). The summed E-state index contributed by atoms with van der Waals surface area (Å²) in [5.41, 5.74) is -0.951. The molecule has 0 fully saturated rings. The third kappa shape index (κ3) is 5.43. The first-order valence-electron chi connectivity index (χ1n) is 5.73. The van der Waals surface area contributed by atoms with Gasteiger partial charge in [0.15, 0.2) is 6.61 Å². The standard InChI is InChI=1S/C12H15F3N2O3/c1-11(2,6-18)17-10(19)8-4-3-5-9(16-8)20-7-12(13,14)15/h3-5,18H,6-7H2,1-2H3,(H,17,19). The van der Waals surface area contributed by atoms with E-state index in [9.17, 15) is 18.0 Å². The maximum absolute atomic E-state index is 12.0. The Hall–Kier alpha value is -1.83. The molecule has 1 aromatic rings. The van der Waals surface area contributed by atoms with E-state index in [1.165, 1.54) is 18.2 Å². The zero-order valence-corrected chi connectivity index (χ0v) is 11.0. The highest BCUT2D eigenvalue weighted by Crippen LogP contribution is 2.17. The molecule has 8 heteroatoms. The molecule has 0 aromatic carbocycles. The lowest BCUT2D eigenvalue weighted by Gasteiger charge is -2.23. The van der Waals surface area contributed by atoms with Gasteiger partial charge in [-0.25, -0.2) is 4.98 Å². The van der Waals surface area contributed by atoms with Crippen LogP contribution in [0.25, 0.3) is 0 Å². The highest BCUT2D eigenvalue weighted by molar-refractivity contribution is 5.92. The van der Waals surface area contributed by atoms with Crippen molar-refractivity contribution < 1.29 is 27.8 Å². The molecular formula is C12H15F3N2O3. The fraction of sp³-hybridized carbons (Fsp3) is 0.500. The van der Waals surface area contributed by atoms with Gasteiger partial charge in [0, 0.05) is 6.07 Å². The lowest BCUT2D eigenvalue weighted by atomic mass is 10.1. The van der Waals surface area contributed by atoms with Crippen LogP contribution in [-0.4, -0.2) is 40.9 Å². The van der Waals surface area contributed by atoms with Crippen LogP contribution in [0.3, 0.4) is 0 Å². The number of alkyl halides is 3. The average Bonchev–Trinajstić information content (AvgIpc) is 2.35. The summed E-state index contributed by atoms with van der Waals surface area (Å²) in [4.78, 5) is 15.5. The molecule has 0 bridgehead atoms. The van der Waals surface area contributed by atoms with Crippen LogP contribution in [0.1, 0.15) is 24.3 Å². The van der Waals surface area contributed by atoms with Crippen molar-refractivity contribution in [1.82, 2.24) is 10.3 Å². The predicted molar refractivity (Wildman–Crippen MR) is 64.4 cm³/mol. The second-order valence-corrected chi connectivity index (χ2v) is 4.76. The van der Waals surface area contributed by atoms with Gasteiger partial charge in [0.2, 0.25) is 5.88 Å². The smallest absolute Gasteiger partial charge is 0.422 e. The van der Waals surface area contributed by atoms with Gasteiger partial charge in [-0.2, -0.15) is 13.2 Å². The fourth-order valence-corrected chi connectivity index (χ4v) is 1.19. The molecule has 112 valence electrons. The number of aromatic nitrogens is 1. The van der Waals surface area contributed by atoms with Crippen LogP contribution in [0.2, 0.25) is 0 Å². The second kappa shape index (κ2) is 6.08. The Morgan fingerprint density at radius 2 is 2.05 bits per heavy atom. The summed E-state index contributed by atoms with van der Waals surface area (Å²) in [5, 5.41) is 11.5. The molecule has 0 aliphatic carbocycles. The molecule has 0 saturated heterocycles. The molecule has 0 saturated carbocycles. The van der Waals surface area contributed by atoms with Gasteiger partial charge < -0.3 is 15.2 Å². The van der Waals surface area contributed by atoms with Crippen LogP contribution < -0.4 is 10.1 Å². The number of aliphatic hydroxyl groups is 1. The first-order chi connectivity index (χ1) is 9.13. The number of pyridine rings is 1. The van der Waals surface area contributed by atoms with E-state index in [1.54, 1.807) is 13.8 Å². The Bertz CT molecular complexity index is 475. The molecule has 5 nitrogen and oxygen atoms in total.